The van der Waals surface area contributed by atoms with Crippen LogP contribution in [0.15, 0.2) is 24.3 Å². The van der Waals surface area contributed by atoms with Crippen molar-refractivity contribution in [3.63, 3.8) is 0 Å². The third-order valence-electron chi connectivity index (χ3n) is 14.6. The molecular formula is C49H68F2N6O5Si. The molecule has 1 amide bonds. The van der Waals surface area contributed by atoms with Gasteiger partial charge in [0.1, 0.15) is 43.8 Å². The van der Waals surface area contributed by atoms with E-state index in [-0.39, 0.29) is 42.3 Å². The quantitative estimate of drug-likeness (QED) is 0.105. The molecule has 0 aliphatic carbocycles. The molecule has 4 atom stereocenters. The first-order valence-electron chi connectivity index (χ1n) is 23.3. The SMILES string of the molecule is COCOc1cc(N2CCc3c(nc(OC[C@@]45CCCN4C[C@H](F)C5)nc3N3C[C@H]4CC[C@@H](C3)N4C(=O)OC(C)(C)C)C2)c2c(C#C[Si](C(C)C)(C(C)C)C(C)C)c(F)ccc2c1. The van der Waals surface area contributed by atoms with Crippen LogP contribution in [0.1, 0.15) is 111 Å². The molecule has 1 aromatic heterocycles. The van der Waals surface area contributed by atoms with Crippen molar-refractivity contribution in [2.75, 3.05) is 63.0 Å². The number of amides is 1. The van der Waals surface area contributed by atoms with Crippen molar-refractivity contribution in [2.24, 2.45) is 0 Å². The Morgan fingerprint density at radius 2 is 1.68 bits per heavy atom. The van der Waals surface area contributed by atoms with Gasteiger partial charge in [-0.1, -0.05) is 53.5 Å². The standard InChI is InChI=1S/C49H68F2N6O5Si/c1-31(2)63(32(3)4,33(5)6)21-17-39-41(51)15-12-34-22-38(61-30-59-10)23-43(44(34)39)54-20-16-40-42(28-54)52-46(60-29-49-18-11-19-56(49)25-35(50)24-49)53-45(40)55-26-36-13-14-37(27-55)57(36)47(58)62-48(7,8)9/h12,15,22-23,31-33,35-37H,11,13-14,16,18-20,24-30H2,1-10H3/t35-,36-,37+,49+/m1/s1. The number of halogens is 2. The third kappa shape index (κ3) is 8.71. The van der Waals surface area contributed by atoms with Crippen LogP contribution in [-0.4, -0.2) is 117 Å². The fourth-order valence-electron chi connectivity index (χ4n) is 11.8. The molecule has 0 unspecified atom stereocenters. The zero-order chi connectivity index (χ0) is 45.0. The Balaban J connectivity index is 1.20. The molecule has 0 spiro atoms. The number of anilines is 2. The third-order valence-corrected chi connectivity index (χ3v) is 20.9. The molecule has 2 bridgehead atoms. The van der Waals surface area contributed by atoms with Crippen molar-refractivity contribution >= 4 is 36.4 Å². The lowest BCUT2D eigenvalue weighted by Gasteiger charge is -2.43. The zero-order valence-corrected chi connectivity index (χ0v) is 40.2. The van der Waals surface area contributed by atoms with Crippen molar-refractivity contribution in [1.82, 2.24) is 19.8 Å². The first-order chi connectivity index (χ1) is 29.9. The molecule has 4 saturated heterocycles. The Labute approximate surface area is 374 Å². The second-order valence-electron chi connectivity index (χ2n) is 20.6. The van der Waals surface area contributed by atoms with E-state index in [0.29, 0.717) is 80.1 Å². The Morgan fingerprint density at radius 3 is 2.35 bits per heavy atom. The van der Waals surface area contributed by atoms with Crippen LogP contribution in [0.2, 0.25) is 16.6 Å². The average Bonchev–Trinajstić information content (AvgIpc) is 3.84. The number of aromatic nitrogens is 2. The van der Waals surface area contributed by atoms with E-state index in [4.69, 9.17) is 28.9 Å². The van der Waals surface area contributed by atoms with E-state index in [0.717, 1.165) is 65.8 Å². The monoisotopic (exact) mass is 886 g/mol. The Bertz CT molecular complexity index is 2220. The van der Waals surface area contributed by atoms with Gasteiger partial charge in [-0.3, -0.25) is 9.80 Å². The highest BCUT2D eigenvalue weighted by molar-refractivity contribution is 6.90. The zero-order valence-electron chi connectivity index (χ0n) is 39.2. The van der Waals surface area contributed by atoms with Crippen LogP contribution in [0.4, 0.5) is 25.1 Å². The molecule has 5 aliphatic heterocycles. The van der Waals surface area contributed by atoms with Crippen molar-refractivity contribution < 1.29 is 32.5 Å². The fourth-order valence-corrected chi connectivity index (χ4v) is 17.0. The maximum absolute atomic E-state index is 16.4. The first kappa shape index (κ1) is 45.4. The van der Waals surface area contributed by atoms with Gasteiger partial charge in [0.25, 0.3) is 0 Å². The maximum Gasteiger partial charge on any atom is 0.410 e. The molecule has 4 fully saturated rings. The summed E-state index contributed by atoms with van der Waals surface area (Å²) in [6.07, 6.45) is 3.58. The van der Waals surface area contributed by atoms with E-state index in [1.165, 1.54) is 6.07 Å². The smallest absolute Gasteiger partial charge is 0.410 e. The van der Waals surface area contributed by atoms with E-state index >= 15 is 4.39 Å². The highest BCUT2D eigenvalue weighted by Gasteiger charge is 2.50. The minimum Gasteiger partial charge on any atom is -0.467 e. The summed E-state index contributed by atoms with van der Waals surface area (Å²) in [5.41, 5.74) is 7.08. The molecule has 14 heteroatoms. The number of alkyl halides is 1. The van der Waals surface area contributed by atoms with Gasteiger partial charge in [0.2, 0.25) is 0 Å². The summed E-state index contributed by atoms with van der Waals surface area (Å²) in [7, 11) is -0.620. The molecule has 3 aromatic rings. The first-order valence-corrected chi connectivity index (χ1v) is 25.5. The Morgan fingerprint density at radius 1 is 0.968 bits per heavy atom. The molecule has 0 N–H and O–H groups in total. The Hall–Kier alpha value is -4.19. The number of benzene rings is 2. The van der Waals surface area contributed by atoms with Gasteiger partial charge >= 0.3 is 12.1 Å². The number of hydrogen-bond acceptors (Lipinski definition) is 10. The number of ether oxygens (including phenoxy) is 4. The molecule has 0 radical (unpaired) electrons. The summed E-state index contributed by atoms with van der Waals surface area (Å²) in [5.74, 6) is 4.58. The predicted molar refractivity (Wildman–Crippen MR) is 247 cm³/mol. The number of fused-ring (bicyclic) bond motifs is 5. The van der Waals surface area contributed by atoms with Gasteiger partial charge in [-0.05, 0) is 93.6 Å². The lowest BCUT2D eigenvalue weighted by Crippen LogP contribution is -2.57. The summed E-state index contributed by atoms with van der Waals surface area (Å²) in [5, 5.41) is 1.58. The van der Waals surface area contributed by atoms with Gasteiger partial charge < -0.3 is 28.7 Å². The number of carbonyl (C=O) groups is 1. The summed E-state index contributed by atoms with van der Waals surface area (Å²) >= 11 is 0. The normalized spacial score (nSPS) is 23.7. The number of rotatable bonds is 11. The van der Waals surface area contributed by atoms with Crippen LogP contribution in [0, 0.1) is 17.3 Å². The average molecular weight is 887 g/mol. The molecule has 6 heterocycles. The van der Waals surface area contributed by atoms with Crippen LogP contribution in [0.5, 0.6) is 11.8 Å². The molecule has 0 saturated carbocycles. The molecule has 342 valence electrons. The summed E-state index contributed by atoms with van der Waals surface area (Å²) in [6, 6.07) is 7.48. The number of methoxy groups -OCH3 is 1. The van der Waals surface area contributed by atoms with Gasteiger partial charge in [-0.2, -0.15) is 9.97 Å². The van der Waals surface area contributed by atoms with Crippen LogP contribution in [-0.2, 0) is 22.4 Å². The summed E-state index contributed by atoms with van der Waals surface area (Å²) in [6.45, 7) is 23.2. The highest BCUT2D eigenvalue weighted by Crippen LogP contribution is 2.44. The lowest BCUT2D eigenvalue weighted by molar-refractivity contribution is 0.0122. The molecular weight excluding hydrogens is 819 g/mol. The predicted octanol–water partition coefficient (Wildman–Crippen LogP) is 9.43. The van der Waals surface area contributed by atoms with Crippen LogP contribution in [0.25, 0.3) is 10.8 Å². The van der Waals surface area contributed by atoms with E-state index in [2.05, 4.69) is 67.7 Å². The minimum atomic E-state index is -2.21. The van der Waals surface area contributed by atoms with Gasteiger partial charge in [-0.15, -0.1) is 5.54 Å². The minimum absolute atomic E-state index is 0.0147. The van der Waals surface area contributed by atoms with Crippen molar-refractivity contribution in [3.8, 4) is 23.2 Å². The lowest BCUT2D eigenvalue weighted by atomic mass is 9.95. The van der Waals surface area contributed by atoms with E-state index < -0.39 is 19.8 Å². The van der Waals surface area contributed by atoms with Gasteiger partial charge in [0.15, 0.2) is 6.79 Å². The second-order valence-corrected chi connectivity index (χ2v) is 26.2. The fraction of sp³-hybridized carbons (Fsp3) is 0.653. The van der Waals surface area contributed by atoms with E-state index in [1.54, 1.807) is 7.11 Å². The molecule has 63 heavy (non-hydrogen) atoms. The maximum atomic E-state index is 16.4. The second kappa shape index (κ2) is 17.6. The van der Waals surface area contributed by atoms with Gasteiger partial charge in [0, 0.05) is 56.7 Å². The van der Waals surface area contributed by atoms with Gasteiger partial charge in [0.05, 0.1) is 41.1 Å². The van der Waals surface area contributed by atoms with Crippen molar-refractivity contribution in [3.05, 3.63) is 46.9 Å². The number of nitrogens with zero attached hydrogens (tertiary/aromatic N) is 6. The summed E-state index contributed by atoms with van der Waals surface area (Å²) in [4.78, 5) is 32.5. The Kier molecular flexibility index (Phi) is 12.7. The molecule has 8 rings (SSSR count). The topological polar surface area (TPSA) is 92.7 Å². The van der Waals surface area contributed by atoms with Crippen LogP contribution in [0.3, 0.4) is 0 Å². The molecule has 5 aliphatic rings. The van der Waals surface area contributed by atoms with E-state index in [1.807, 2.05) is 43.9 Å². The van der Waals surface area contributed by atoms with Crippen LogP contribution < -0.4 is 19.3 Å². The summed E-state index contributed by atoms with van der Waals surface area (Å²) < 4.78 is 55.1. The number of piperazine rings is 1. The van der Waals surface area contributed by atoms with Crippen molar-refractivity contribution in [1.29, 1.82) is 0 Å². The van der Waals surface area contributed by atoms with Gasteiger partial charge in [-0.25, -0.2) is 13.6 Å². The number of carbonyl (C=O) groups excluding carboxylic acids is 1. The number of hydrogen-bond donors (Lipinski definition) is 0. The highest BCUT2D eigenvalue weighted by atomic mass is 28.3. The molecule has 2 aromatic carbocycles. The largest absolute Gasteiger partial charge is 0.467 e. The van der Waals surface area contributed by atoms with Crippen LogP contribution >= 0.6 is 0 Å². The van der Waals surface area contributed by atoms with Crippen molar-refractivity contribution in [2.45, 2.75) is 153 Å². The molecule has 11 nitrogen and oxygen atoms in total. The van der Waals surface area contributed by atoms with E-state index in [9.17, 15) is 9.18 Å².